The van der Waals surface area contributed by atoms with E-state index in [2.05, 4.69) is 160 Å². The van der Waals surface area contributed by atoms with Gasteiger partial charge < -0.3 is 23.2 Å². The SMILES string of the molecule is c1ccc(-n2ccc3cc4c(cc32)N(c2cccc(-c3cccc(-n5c6ccccc6c6cc7occc7cc65)c3)c2)c2ccccc2O4)cc1. The van der Waals surface area contributed by atoms with Crippen LogP contribution in [0.4, 0.5) is 17.1 Å². The fourth-order valence-electron chi connectivity index (χ4n) is 7.83. The average Bonchev–Trinajstić information content (AvgIpc) is 3.91. The van der Waals surface area contributed by atoms with Crippen LogP contribution in [0, 0.1) is 0 Å². The van der Waals surface area contributed by atoms with Gasteiger partial charge in [0.1, 0.15) is 5.58 Å². The number of hydrogen-bond donors (Lipinski definition) is 0. The molecule has 1 aliphatic rings. The van der Waals surface area contributed by atoms with Gasteiger partial charge in [0.15, 0.2) is 11.5 Å². The first-order chi connectivity index (χ1) is 25.3. The van der Waals surface area contributed by atoms with Crippen LogP contribution in [0.1, 0.15) is 0 Å². The third-order valence-electron chi connectivity index (χ3n) is 10.2. The van der Waals surface area contributed by atoms with Gasteiger partial charge in [0, 0.05) is 44.8 Å². The predicted molar refractivity (Wildman–Crippen MR) is 208 cm³/mol. The van der Waals surface area contributed by atoms with Gasteiger partial charge in [0.2, 0.25) is 0 Å². The van der Waals surface area contributed by atoms with Crippen molar-refractivity contribution in [2.24, 2.45) is 0 Å². The van der Waals surface area contributed by atoms with Gasteiger partial charge in [-0.15, -0.1) is 0 Å². The van der Waals surface area contributed by atoms with Gasteiger partial charge in [-0.3, -0.25) is 0 Å². The first-order valence-electron chi connectivity index (χ1n) is 17.2. The molecule has 5 heteroatoms. The minimum absolute atomic E-state index is 0.831. The molecule has 3 aromatic heterocycles. The van der Waals surface area contributed by atoms with E-state index < -0.39 is 0 Å². The van der Waals surface area contributed by atoms with E-state index in [-0.39, 0.29) is 0 Å². The summed E-state index contributed by atoms with van der Waals surface area (Å²) in [5.74, 6) is 1.66. The Morgan fingerprint density at radius 3 is 2.10 bits per heavy atom. The largest absolute Gasteiger partial charge is 0.464 e. The molecule has 0 N–H and O–H groups in total. The fraction of sp³-hybridized carbons (Fsp3) is 0. The molecule has 4 heterocycles. The minimum Gasteiger partial charge on any atom is -0.464 e. The molecule has 10 aromatic rings. The van der Waals surface area contributed by atoms with Crippen molar-refractivity contribution in [3.05, 3.63) is 176 Å². The van der Waals surface area contributed by atoms with Crippen molar-refractivity contribution in [3.63, 3.8) is 0 Å². The number of rotatable bonds is 4. The molecule has 51 heavy (non-hydrogen) atoms. The molecular weight excluding hydrogens is 627 g/mol. The number of nitrogens with zero attached hydrogens (tertiary/aromatic N) is 3. The van der Waals surface area contributed by atoms with Crippen LogP contribution in [0.5, 0.6) is 11.5 Å². The third-order valence-corrected chi connectivity index (χ3v) is 10.2. The van der Waals surface area contributed by atoms with Gasteiger partial charge in [-0.05, 0) is 102 Å². The first kappa shape index (κ1) is 27.9. The molecule has 240 valence electrons. The van der Waals surface area contributed by atoms with E-state index in [4.69, 9.17) is 9.15 Å². The zero-order valence-electron chi connectivity index (χ0n) is 27.4. The second kappa shape index (κ2) is 10.8. The van der Waals surface area contributed by atoms with Crippen molar-refractivity contribution < 1.29 is 9.15 Å². The molecular formula is C46H29N3O2. The van der Waals surface area contributed by atoms with Crippen LogP contribution in [0.15, 0.2) is 181 Å². The molecule has 0 spiro atoms. The van der Waals surface area contributed by atoms with Crippen LogP contribution >= 0.6 is 0 Å². The lowest BCUT2D eigenvalue weighted by Crippen LogP contribution is -2.16. The number of para-hydroxylation sites is 4. The van der Waals surface area contributed by atoms with Gasteiger partial charge in [-0.2, -0.15) is 0 Å². The van der Waals surface area contributed by atoms with E-state index in [1.54, 1.807) is 6.26 Å². The lowest BCUT2D eigenvalue weighted by molar-refractivity contribution is 0.477. The molecule has 0 unspecified atom stereocenters. The van der Waals surface area contributed by atoms with Crippen molar-refractivity contribution >= 4 is 60.7 Å². The molecule has 0 saturated heterocycles. The lowest BCUT2D eigenvalue weighted by atomic mass is 10.0. The highest BCUT2D eigenvalue weighted by molar-refractivity contribution is 6.13. The van der Waals surface area contributed by atoms with Gasteiger partial charge in [0.05, 0.1) is 34.2 Å². The molecule has 0 amide bonds. The van der Waals surface area contributed by atoms with Crippen molar-refractivity contribution in [1.82, 2.24) is 9.13 Å². The van der Waals surface area contributed by atoms with Crippen molar-refractivity contribution in [2.45, 2.75) is 0 Å². The topological polar surface area (TPSA) is 35.5 Å². The summed E-state index contributed by atoms with van der Waals surface area (Å²) in [6.07, 6.45) is 3.89. The van der Waals surface area contributed by atoms with Crippen LogP contribution < -0.4 is 9.64 Å². The molecule has 0 bridgehead atoms. The predicted octanol–water partition coefficient (Wildman–Crippen LogP) is 12.7. The third kappa shape index (κ3) is 4.28. The zero-order valence-corrected chi connectivity index (χ0v) is 27.4. The maximum atomic E-state index is 6.56. The second-order valence-electron chi connectivity index (χ2n) is 13.1. The molecule has 11 rings (SSSR count). The van der Waals surface area contributed by atoms with E-state index in [0.29, 0.717) is 0 Å². The molecule has 1 aliphatic heterocycles. The summed E-state index contributed by atoms with van der Waals surface area (Å²) < 4.78 is 17.0. The Morgan fingerprint density at radius 1 is 0.431 bits per heavy atom. The van der Waals surface area contributed by atoms with Crippen LogP contribution in [0.3, 0.4) is 0 Å². The summed E-state index contributed by atoms with van der Waals surface area (Å²) in [5.41, 5.74) is 11.9. The molecule has 0 aliphatic carbocycles. The Bertz CT molecular complexity index is 2970. The quantitative estimate of drug-likeness (QED) is 0.189. The monoisotopic (exact) mass is 655 g/mol. The molecule has 0 fully saturated rings. The van der Waals surface area contributed by atoms with E-state index >= 15 is 0 Å². The smallest absolute Gasteiger partial charge is 0.152 e. The fourth-order valence-corrected chi connectivity index (χ4v) is 7.83. The van der Waals surface area contributed by atoms with Crippen molar-refractivity contribution in [3.8, 4) is 34.0 Å². The van der Waals surface area contributed by atoms with E-state index in [1.165, 1.54) is 16.3 Å². The Morgan fingerprint density at radius 2 is 1.20 bits per heavy atom. The van der Waals surface area contributed by atoms with Gasteiger partial charge in [-0.25, -0.2) is 0 Å². The summed E-state index contributed by atoms with van der Waals surface area (Å²) >= 11 is 0. The molecule has 0 radical (unpaired) electrons. The number of furan rings is 1. The number of anilines is 3. The highest BCUT2D eigenvalue weighted by Gasteiger charge is 2.27. The van der Waals surface area contributed by atoms with Gasteiger partial charge in [0.25, 0.3) is 0 Å². The van der Waals surface area contributed by atoms with Crippen molar-refractivity contribution in [2.75, 3.05) is 4.90 Å². The summed E-state index contributed by atoms with van der Waals surface area (Å²) in [5, 5.41) is 4.60. The summed E-state index contributed by atoms with van der Waals surface area (Å²) in [6, 6.07) is 58.0. The molecule has 0 atom stereocenters. The minimum atomic E-state index is 0.831. The van der Waals surface area contributed by atoms with Crippen molar-refractivity contribution in [1.29, 1.82) is 0 Å². The van der Waals surface area contributed by atoms with E-state index in [0.717, 1.165) is 78.5 Å². The van der Waals surface area contributed by atoms with Crippen LogP contribution in [-0.4, -0.2) is 9.13 Å². The maximum Gasteiger partial charge on any atom is 0.152 e. The molecule has 7 aromatic carbocycles. The van der Waals surface area contributed by atoms with E-state index in [9.17, 15) is 0 Å². The Hall–Kier alpha value is -6.98. The Labute approximate surface area is 293 Å². The van der Waals surface area contributed by atoms with Gasteiger partial charge in [-0.1, -0.05) is 72.8 Å². The summed E-state index contributed by atoms with van der Waals surface area (Å²) in [7, 11) is 0. The lowest BCUT2D eigenvalue weighted by Gasteiger charge is -2.33. The normalized spacial score (nSPS) is 12.4. The standard InChI is InChI=1S/C46H29N3O2/c1-2-12-34(13-3-1)47-22-20-32-27-46-43(29-41(32)47)49(40-18-6-7-19-44(40)51-46)36-15-9-11-31(25-36)30-10-8-14-35(24-30)48-39-17-5-4-16-37(39)38-28-45-33(21-23-50-45)26-42(38)48/h1-29H. The van der Waals surface area contributed by atoms with Crippen LogP contribution in [0.2, 0.25) is 0 Å². The summed E-state index contributed by atoms with van der Waals surface area (Å²) in [4.78, 5) is 2.33. The summed E-state index contributed by atoms with van der Waals surface area (Å²) in [6.45, 7) is 0. The number of benzene rings is 7. The van der Waals surface area contributed by atoms with Crippen LogP contribution in [-0.2, 0) is 0 Å². The highest BCUT2D eigenvalue weighted by atomic mass is 16.5. The number of aromatic nitrogens is 2. The number of hydrogen-bond acceptors (Lipinski definition) is 3. The molecule has 5 nitrogen and oxygen atoms in total. The molecule has 0 saturated carbocycles. The maximum absolute atomic E-state index is 6.56. The Balaban J connectivity index is 1.06. The van der Waals surface area contributed by atoms with E-state index in [1.807, 2.05) is 24.3 Å². The second-order valence-corrected chi connectivity index (χ2v) is 13.1. The first-order valence-corrected chi connectivity index (χ1v) is 17.2. The Kier molecular flexibility index (Phi) is 5.89. The van der Waals surface area contributed by atoms with Gasteiger partial charge >= 0.3 is 0 Å². The number of ether oxygens (including phenoxy) is 1. The number of fused-ring (bicyclic) bond motifs is 7. The highest BCUT2D eigenvalue weighted by Crippen LogP contribution is 2.52. The van der Waals surface area contributed by atoms with Crippen LogP contribution in [0.25, 0.3) is 66.2 Å². The average molecular weight is 656 g/mol. The zero-order chi connectivity index (χ0) is 33.5.